The monoisotopic (exact) mass is 234 g/mol. The molecular formula is C12H14N2O3. The third-order valence-corrected chi connectivity index (χ3v) is 2.66. The Morgan fingerprint density at radius 2 is 2.12 bits per heavy atom. The maximum Gasteiger partial charge on any atom is 0.252 e. The SMILES string of the molecule is NC(=O)c1ccccc1N1CCCOCC1=O. The van der Waals surface area contributed by atoms with Crippen LogP contribution in [0.1, 0.15) is 16.8 Å². The molecule has 2 rings (SSSR count). The van der Waals surface area contributed by atoms with Crippen LogP contribution in [0.4, 0.5) is 5.69 Å². The van der Waals surface area contributed by atoms with E-state index in [1.807, 2.05) is 0 Å². The molecule has 0 atom stereocenters. The summed E-state index contributed by atoms with van der Waals surface area (Å²) in [4.78, 5) is 24.7. The Morgan fingerprint density at radius 3 is 2.88 bits per heavy atom. The van der Waals surface area contributed by atoms with Crippen LogP contribution in [0.5, 0.6) is 0 Å². The quantitative estimate of drug-likeness (QED) is 0.811. The summed E-state index contributed by atoms with van der Waals surface area (Å²) in [6.45, 7) is 1.15. The van der Waals surface area contributed by atoms with Crippen molar-refractivity contribution < 1.29 is 14.3 Å². The van der Waals surface area contributed by atoms with Gasteiger partial charge in [-0.15, -0.1) is 0 Å². The maximum atomic E-state index is 11.8. The van der Waals surface area contributed by atoms with Gasteiger partial charge >= 0.3 is 0 Å². The zero-order chi connectivity index (χ0) is 12.3. The minimum absolute atomic E-state index is 0.0487. The predicted molar refractivity (Wildman–Crippen MR) is 62.7 cm³/mol. The van der Waals surface area contributed by atoms with Gasteiger partial charge in [-0.05, 0) is 18.6 Å². The van der Waals surface area contributed by atoms with Gasteiger partial charge in [-0.25, -0.2) is 0 Å². The van der Waals surface area contributed by atoms with Crippen LogP contribution in [-0.4, -0.2) is 31.6 Å². The second-order valence-corrected chi connectivity index (χ2v) is 3.83. The number of carbonyl (C=O) groups excluding carboxylic acids is 2. The first-order valence-corrected chi connectivity index (χ1v) is 5.47. The molecule has 1 fully saturated rings. The molecule has 17 heavy (non-hydrogen) atoms. The van der Waals surface area contributed by atoms with Crippen molar-refractivity contribution in [2.45, 2.75) is 6.42 Å². The molecule has 0 radical (unpaired) electrons. The van der Waals surface area contributed by atoms with Crippen molar-refractivity contribution in [1.82, 2.24) is 0 Å². The number of amides is 2. The summed E-state index contributed by atoms with van der Waals surface area (Å²) in [5.74, 6) is -0.672. The number of carbonyl (C=O) groups is 2. The van der Waals surface area contributed by atoms with Gasteiger partial charge in [-0.2, -0.15) is 0 Å². The normalized spacial score (nSPS) is 16.7. The van der Waals surface area contributed by atoms with E-state index < -0.39 is 5.91 Å². The van der Waals surface area contributed by atoms with Gasteiger partial charge in [0.05, 0.1) is 11.3 Å². The highest BCUT2D eigenvalue weighted by Gasteiger charge is 2.22. The molecule has 1 aromatic carbocycles. The van der Waals surface area contributed by atoms with Crippen LogP contribution in [0.3, 0.4) is 0 Å². The first-order valence-electron chi connectivity index (χ1n) is 5.47. The molecule has 0 saturated carbocycles. The summed E-state index contributed by atoms with van der Waals surface area (Å²) in [6, 6.07) is 6.85. The van der Waals surface area contributed by atoms with E-state index in [-0.39, 0.29) is 12.5 Å². The van der Waals surface area contributed by atoms with Crippen molar-refractivity contribution in [3.63, 3.8) is 0 Å². The van der Waals surface area contributed by atoms with E-state index in [9.17, 15) is 9.59 Å². The van der Waals surface area contributed by atoms with E-state index in [1.54, 1.807) is 29.2 Å². The van der Waals surface area contributed by atoms with E-state index in [0.29, 0.717) is 24.4 Å². The molecule has 1 aliphatic rings. The van der Waals surface area contributed by atoms with Gasteiger partial charge in [0, 0.05) is 13.2 Å². The fraction of sp³-hybridized carbons (Fsp3) is 0.333. The van der Waals surface area contributed by atoms with Crippen LogP contribution in [0, 0.1) is 0 Å². The molecule has 2 amide bonds. The molecule has 0 unspecified atom stereocenters. The van der Waals surface area contributed by atoms with Crippen LogP contribution in [0.2, 0.25) is 0 Å². The first kappa shape index (κ1) is 11.6. The lowest BCUT2D eigenvalue weighted by Gasteiger charge is -2.21. The van der Waals surface area contributed by atoms with E-state index in [1.165, 1.54) is 0 Å². The number of ether oxygens (including phenoxy) is 1. The summed E-state index contributed by atoms with van der Waals surface area (Å²) in [5, 5.41) is 0. The molecule has 0 spiro atoms. The maximum absolute atomic E-state index is 11.8. The van der Waals surface area contributed by atoms with Crippen LogP contribution < -0.4 is 10.6 Å². The third kappa shape index (κ3) is 2.45. The number of hydrogen-bond acceptors (Lipinski definition) is 3. The molecule has 0 aromatic heterocycles. The molecule has 0 aliphatic carbocycles. The lowest BCUT2D eigenvalue weighted by molar-refractivity contribution is -0.122. The Balaban J connectivity index is 2.37. The zero-order valence-electron chi connectivity index (χ0n) is 9.39. The Bertz CT molecular complexity index is 445. The number of rotatable bonds is 2. The first-order chi connectivity index (χ1) is 8.20. The number of para-hydroxylation sites is 1. The number of anilines is 1. The molecule has 1 aromatic rings. The van der Waals surface area contributed by atoms with E-state index in [2.05, 4.69) is 0 Å². The summed E-state index contributed by atoms with van der Waals surface area (Å²) in [5.41, 5.74) is 6.23. The van der Waals surface area contributed by atoms with Gasteiger partial charge in [-0.3, -0.25) is 9.59 Å². The summed E-state index contributed by atoms with van der Waals surface area (Å²) in [6.07, 6.45) is 0.749. The summed E-state index contributed by atoms with van der Waals surface area (Å²) < 4.78 is 5.15. The molecule has 1 saturated heterocycles. The molecule has 2 N–H and O–H groups in total. The molecule has 5 nitrogen and oxygen atoms in total. The molecule has 0 bridgehead atoms. The standard InChI is InChI=1S/C12H14N2O3/c13-12(16)9-4-1-2-5-10(9)14-6-3-7-17-8-11(14)15/h1-2,4-5H,3,6-8H2,(H2,13,16). The van der Waals surface area contributed by atoms with Gasteiger partial charge in [0.25, 0.3) is 11.8 Å². The third-order valence-electron chi connectivity index (χ3n) is 2.66. The van der Waals surface area contributed by atoms with Crippen LogP contribution in [0.25, 0.3) is 0 Å². The Kier molecular flexibility index (Phi) is 3.39. The molecule has 5 heteroatoms. The fourth-order valence-electron chi connectivity index (χ4n) is 1.86. The number of nitrogens with two attached hydrogens (primary N) is 1. The average Bonchev–Trinajstić information content (AvgIpc) is 2.54. The molecular weight excluding hydrogens is 220 g/mol. The topological polar surface area (TPSA) is 72.6 Å². The largest absolute Gasteiger partial charge is 0.372 e. The van der Waals surface area contributed by atoms with Crippen LogP contribution >= 0.6 is 0 Å². The zero-order valence-corrected chi connectivity index (χ0v) is 9.39. The number of hydrogen-bond donors (Lipinski definition) is 1. The molecule has 1 heterocycles. The Morgan fingerprint density at radius 1 is 1.35 bits per heavy atom. The van der Waals surface area contributed by atoms with Gasteiger partial charge in [-0.1, -0.05) is 12.1 Å². The van der Waals surface area contributed by atoms with Crippen molar-refractivity contribution in [3.05, 3.63) is 29.8 Å². The highest BCUT2D eigenvalue weighted by Crippen LogP contribution is 2.21. The molecule has 90 valence electrons. The predicted octanol–water partition coefficient (Wildman–Crippen LogP) is 0.539. The Labute approximate surface area is 99.2 Å². The van der Waals surface area contributed by atoms with Gasteiger partial charge in [0.15, 0.2) is 0 Å². The van der Waals surface area contributed by atoms with Crippen molar-refractivity contribution >= 4 is 17.5 Å². The highest BCUT2D eigenvalue weighted by molar-refractivity contribution is 6.04. The van der Waals surface area contributed by atoms with Gasteiger partial charge in [0.1, 0.15) is 6.61 Å². The average molecular weight is 234 g/mol. The lowest BCUT2D eigenvalue weighted by atomic mass is 10.1. The van der Waals surface area contributed by atoms with E-state index >= 15 is 0 Å². The van der Waals surface area contributed by atoms with Crippen molar-refractivity contribution in [1.29, 1.82) is 0 Å². The van der Waals surface area contributed by atoms with Gasteiger partial charge < -0.3 is 15.4 Å². The molecule has 1 aliphatic heterocycles. The smallest absolute Gasteiger partial charge is 0.252 e. The minimum atomic E-state index is -0.529. The minimum Gasteiger partial charge on any atom is -0.372 e. The van der Waals surface area contributed by atoms with Crippen molar-refractivity contribution in [3.8, 4) is 0 Å². The van der Waals surface area contributed by atoms with Crippen LogP contribution in [0.15, 0.2) is 24.3 Å². The summed E-state index contributed by atoms with van der Waals surface area (Å²) in [7, 11) is 0. The van der Waals surface area contributed by atoms with E-state index in [0.717, 1.165) is 6.42 Å². The van der Waals surface area contributed by atoms with E-state index in [4.69, 9.17) is 10.5 Å². The lowest BCUT2D eigenvalue weighted by Crippen LogP contribution is -2.34. The Hall–Kier alpha value is -1.88. The number of primary amides is 1. The number of benzene rings is 1. The second-order valence-electron chi connectivity index (χ2n) is 3.83. The van der Waals surface area contributed by atoms with Gasteiger partial charge in [0.2, 0.25) is 0 Å². The second kappa shape index (κ2) is 4.97. The number of nitrogens with zero attached hydrogens (tertiary/aromatic N) is 1. The van der Waals surface area contributed by atoms with Crippen molar-refractivity contribution in [2.24, 2.45) is 5.73 Å². The van der Waals surface area contributed by atoms with Crippen LogP contribution in [-0.2, 0) is 9.53 Å². The summed E-state index contributed by atoms with van der Waals surface area (Å²) >= 11 is 0. The fourth-order valence-corrected chi connectivity index (χ4v) is 1.86. The van der Waals surface area contributed by atoms with Crippen molar-refractivity contribution in [2.75, 3.05) is 24.7 Å². The highest BCUT2D eigenvalue weighted by atomic mass is 16.5.